The van der Waals surface area contributed by atoms with Crippen molar-refractivity contribution in [2.45, 2.75) is 6.61 Å². The van der Waals surface area contributed by atoms with Crippen molar-refractivity contribution >= 4 is 12.0 Å². The summed E-state index contributed by atoms with van der Waals surface area (Å²) in [6.07, 6.45) is 1.59. The second kappa shape index (κ2) is 11.0. The van der Waals surface area contributed by atoms with Gasteiger partial charge in [0.2, 0.25) is 0 Å². The molecule has 0 saturated carbocycles. The van der Waals surface area contributed by atoms with Gasteiger partial charge in [0.15, 0.2) is 0 Å². The Morgan fingerprint density at radius 2 is 1.86 bits per heavy atom. The molecule has 0 unspecified atom stereocenters. The average Bonchev–Trinajstić information content (AvgIpc) is 2.78. The molecule has 1 N–H and O–H groups in total. The van der Waals surface area contributed by atoms with Gasteiger partial charge in [0.25, 0.3) is 5.91 Å². The maximum atomic E-state index is 12.3. The summed E-state index contributed by atoms with van der Waals surface area (Å²) in [6.45, 7) is 4.94. The molecular formula is C23H25N3O3. The number of carbonyl (C=O) groups excluding carboxylic acids is 1. The van der Waals surface area contributed by atoms with Gasteiger partial charge < -0.3 is 14.8 Å². The van der Waals surface area contributed by atoms with E-state index in [1.165, 1.54) is 0 Å². The van der Waals surface area contributed by atoms with Gasteiger partial charge in [-0.25, -0.2) is 0 Å². The fourth-order valence-electron chi connectivity index (χ4n) is 2.96. The Labute approximate surface area is 171 Å². The lowest BCUT2D eigenvalue weighted by molar-refractivity contribution is -0.117. The van der Waals surface area contributed by atoms with Crippen molar-refractivity contribution in [2.24, 2.45) is 0 Å². The number of hydrogen-bond donors (Lipinski definition) is 1. The molecule has 2 aromatic carbocycles. The third-order valence-electron chi connectivity index (χ3n) is 4.62. The summed E-state index contributed by atoms with van der Waals surface area (Å²) >= 11 is 0. The molecule has 0 radical (unpaired) electrons. The highest BCUT2D eigenvalue weighted by molar-refractivity contribution is 6.01. The van der Waals surface area contributed by atoms with Gasteiger partial charge in [-0.3, -0.25) is 9.69 Å². The van der Waals surface area contributed by atoms with Crippen LogP contribution in [0.15, 0.2) is 60.2 Å². The number of carbonyl (C=O) groups is 1. The van der Waals surface area contributed by atoms with Gasteiger partial charge >= 0.3 is 0 Å². The van der Waals surface area contributed by atoms with Crippen LogP contribution in [-0.4, -0.2) is 50.2 Å². The maximum absolute atomic E-state index is 12.3. The van der Waals surface area contributed by atoms with Gasteiger partial charge in [0.05, 0.1) is 13.2 Å². The van der Waals surface area contributed by atoms with Gasteiger partial charge in [-0.15, -0.1) is 0 Å². The summed E-state index contributed by atoms with van der Waals surface area (Å²) in [5, 5.41) is 12.2. The number of nitriles is 1. The molecule has 0 spiro atoms. The Morgan fingerprint density at radius 1 is 1.14 bits per heavy atom. The Kier molecular flexibility index (Phi) is 7.81. The van der Waals surface area contributed by atoms with Crippen LogP contribution in [0.25, 0.3) is 6.08 Å². The molecule has 2 aromatic rings. The molecular weight excluding hydrogens is 366 g/mol. The van der Waals surface area contributed by atoms with E-state index in [1.807, 2.05) is 60.7 Å². The molecule has 1 saturated heterocycles. The zero-order valence-electron chi connectivity index (χ0n) is 16.3. The number of rotatable bonds is 8. The van der Waals surface area contributed by atoms with Gasteiger partial charge in [0.1, 0.15) is 24.0 Å². The highest BCUT2D eigenvalue weighted by atomic mass is 16.5. The van der Waals surface area contributed by atoms with Crippen LogP contribution in [0.5, 0.6) is 5.75 Å². The van der Waals surface area contributed by atoms with E-state index >= 15 is 0 Å². The minimum Gasteiger partial charge on any atom is -0.489 e. The molecule has 29 heavy (non-hydrogen) atoms. The van der Waals surface area contributed by atoms with Gasteiger partial charge in [-0.2, -0.15) is 5.26 Å². The molecule has 1 heterocycles. The molecule has 3 rings (SSSR count). The topological polar surface area (TPSA) is 74.6 Å². The molecule has 0 aromatic heterocycles. The third-order valence-corrected chi connectivity index (χ3v) is 4.62. The van der Waals surface area contributed by atoms with Crippen LogP contribution in [0.4, 0.5) is 0 Å². The Balaban J connectivity index is 1.50. The number of nitrogens with one attached hydrogen (secondary N) is 1. The van der Waals surface area contributed by atoms with Crippen LogP contribution < -0.4 is 10.1 Å². The van der Waals surface area contributed by atoms with Gasteiger partial charge in [-0.1, -0.05) is 42.5 Å². The second-order valence-electron chi connectivity index (χ2n) is 6.72. The normalized spacial score (nSPS) is 14.8. The van der Waals surface area contributed by atoms with Crippen LogP contribution in [0.2, 0.25) is 0 Å². The number of amides is 1. The van der Waals surface area contributed by atoms with E-state index in [4.69, 9.17) is 9.47 Å². The molecule has 6 heteroatoms. The van der Waals surface area contributed by atoms with E-state index in [-0.39, 0.29) is 11.5 Å². The fourth-order valence-corrected chi connectivity index (χ4v) is 2.96. The maximum Gasteiger partial charge on any atom is 0.261 e. The van der Waals surface area contributed by atoms with Crippen LogP contribution >= 0.6 is 0 Å². The van der Waals surface area contributed by atoms with E-state index in [9.17, 15) is 10.1 Å². The Hall–Kier alpha value is -3.14. The molecule has 150 valence electrons. The quantitative estimate of drug-likeness (QED) is 0.553. The van der Waals surface area contributed by atoms with Crippen molar-refractivity contribution in [3.63, 3.8) is 0 Å². The number of benzene rings is 2. The Bertz CT molecular complexity index is 851. The number of morpholine rings is 1. The highest BCUT2D eigenvalue weighted by Crippen LogP contribution is 2.16. The lowest BCUT2D eigenvalue weighted by Crippen LogP contribution is -2.41. The van der Waals surface area contributed by atoms with Crippen molar-refractivity contribution < 1.29 is 14.3 Å². The number of nitrogens with zero attached hydrogens (tertiary/aromatic N) is 2. The first kappa shape index (κ1) is 20.6. The SMILES string of the molecule is N#C/C(=C/c1ccc(OCc2ccccc2)cc1)C(=O)NCCN1CCOCC1. The van der Waals surface area contributed by atoms with Crippen LogP contribution in [-0.2, 0) is 16.1 Å². The highest BCUT2D eigenvalue weighted by Gasteiger charge is 2.12. The number of hydrogen-bond acceptors (Lipinski definition) is 5. The van der Waals surface area contributed by atoms with Crippen molar-refractivity contribution in [3.8, 4) is 11.8 Å². The average molecular weight is 391 g/mol. The number of ether oxygens (including phenoxy) is 2. The standard InChI is InChI=1S/C23H25N3O3/c24-17-21(23(27)25-10-11-26-12-14-28-15-13-26)16-19-6-8-22(9-7-19)29-18-20-4-2-1-3-5-20/h1-9,16H,10-15,18H2,(H,25,27)/b21-16-. The molecule has 6 nitrogen and oxygen atoms in total. The minimum atomic E-state index is -0.356. The first-order valence-corrected chi connectivity index (χ1v) is 9.71. The predicted molar refractivity (Wildman–Crippen MR) is 111 cm³/mol. The molecule has 0 bridgehead atoms. The molecule has 1 fully saturated rings. The van der Waals surface area contributed by atoms with E-state index in [2.05, 4.69) is 10.2 Å². The largest absolute Gasteiger partial charge is 0.489 e. The Morgan fingerprint density at radius 3 is 2.55 bits per heavy atom. The third kappa shape index (κ3) is 6.75. The lowest BCUT2D eigenvalue weighted by atomic mass is 10.1. The first-order chi connectivity index (χ1) is 14.2. The zero-order valence-corrected chi connectivity index (χ0v) is 16.3. The predicted octanol–water partition coefficient (Wildman–Crippen LogP) is 2.62. The molecule has 1 aliphatic rings. The van der Waals surface area contributed by atoms with Crippen LogP contribution in [0.1, 0.15) is 11.1 Å². The molecule has 0 atom stereocenters. The molecule has 1 amide bonds. The van der Waals surface area contributed by atoms with Gasteiger partial charge in [-0.05, 0) is 29.3 Å². The van der Waals surface area contributed by atoms with E-state index < -0.39 is 0 Å². The first-order valence-electron chi connectivity index (χ1n) is 9.71. The summed E-state index contributed by atoms with van der Waals surface area (Å²) in [5.41, 5.74) is 1.96. The summed E-state index contributed by atoms with van der Waals surface area (Å²) in [4.78, 5) is 14.5. The summed E-state index contributed by atoms with van der Waals surface area (Å²) in [7, 11) is 0. The summed E-state index contributed by atoms with van der Waals surface area (Å²) < 4.78 is 11.1. The van der Waals surface area contributed by atoms with Crippen molar-refractivity contribution in [3.05, 3.63) is 71.3 Å². The van der Waals surface area contributed by atoms with E-state index in [0.717, 1.165) is 49.7 Å². The van der Waals surface area contributed by atoms with Crippen LogP contribution in [0, 0.1) is 11.3 Å². The summed E-state index contributed by atoms with van der Waals surface area (Å²) in [5.74, 6) is 0.379. The van der Waals surface area contributed by atoms with Crippen LogP contribution in [0.3, 0.4) is 0 Å². The smallest absolute Gasteiger partial charge is 0.261 e. The second-order valence-corrected chi connectivity index (χ2v) is 6.72. The van der Waals surface area contributed by atoms with Crippen molar-refractivity contribution in [1.82, 2.24) is 10.2 Å². The van der Waals surface area contributed by atoms with Crippen molar-refractivity contribution in [2.75, 3.05) is 39.4 Å². The van der Waals surface area contributed by atoms with Gasteiger partial charge in [0, 0.05) is 26.2 Å². The van der Waals surface area contributed by atoms with E-state index in [1.54, 1.807) is 6.08 Å². The van der Waals surface area contributed by atoms with E-state index in [0.29, 0.717) is 13.2 Å². The molecule has 0 aliphatic carbocycles. The fraction of sp³-hybridized carbons (Fsp3) is 0.304. The lowest BCUT2D eigenvalue weighted by Gasteiger charge is -2.26. The molecule has 1 aliphatic heterocycles. The van der Waals surface area contributed by atoms with Crippen molar-refractivity contribution in [1.29, 1.82) is 5.26 Å². The summed E-state index contributed by atoms with van der Waals surface area (Å²) in [6, 6.07) is 19.2. The monoisotopic (exact) mass is 391 g/mol. The minimum absolute atomic E-state index is 0.0879. The zero-order chi connectivity index (χ0) is 20.3.